The van der Waals surface area contributed by atoms with E-state index in [2.05, 4.69) is 166 Å². The predicted octanol–water partition coefficient (Wildman–Crippen LogP) is 13.8. The Kier molecular flexibility index (Phi) is 7.39. The van der Waals surface area contributed by atoms with E-state index in [-0.39, 0.29) is 10.8 Å². The molecular formula is C54H53N2+. The van der Waals surface area contributed by atoms with Gasteiger partial charge >= 0.3 is 0 Å². The molecule has 0 bridgehead atoms. The highest BCUT2D eigenvalue weighted by molar-refractivity contribution is 6.12. The summed E-state index contributed by atoms with van der Waals surface area (Å²) in [6, 6.07) is 36.8. The number of allylic oxidation sites excluding steroid dienone is 8. The molecule has 0 saturated heterocycles. The van der Waals surface area contributed by atoms with E-state index in [0.717, 1.165) is 25.9 Å². The summed E-state index contributed by atoms with van der Waals surface area (Å²) in [6.07, 6.45) is 14.0. The average molecular weight is 730 g/mol. The maximum absolute atomic E-state index is 2.65. The third kappa shape index (κ3) is 4.77. The molecule has 3 aliphatic carbocycles. The molecule has 2 heteroatoms. The van der Waals surface area contributed by atoms with Crippen LogP contribution in [0.3, 0.4) is 0 Å². The van der Waals surface area contributed by atoms with Crippen molar-refractivity contribution in [2.45, 2.75) is 84.5 Å². The van der Waals surface area contributed by atoms with Gasteiger partial charge in [0.15, 0.2) is 5.71 Å². The summed E-state index contributed by atoms with van der Waals surface area (Å²) >= 11 is 0. The smallest absolute Gasteiger partial charge is 0.210 e. The minimum atomic E-state index is -0.0887. The maximum atomic E-state index is 2.65. The Hall–Kier alpha value is -5.21. The van der Waals surface area contributed by atoms with Gasteiger partial charge in [-0.05, 0) is 179 Å². The molecule has 2 atom stereocenters. The average Bonchev–Trinajstić information content (AvgIpc) is 3.59. The van der Waals surface area contributed by atoms with Gasteiger partial charge in [0, 0.05) is 40.5 Å². The van der Waals surface area contributed by atoms with Crippen LogP contribution in [0.1, 0.15) is 84.8 Å². The van der Waals surface area contributed by atoms with E-state index in [1.54, 1.807) is 22.3 Å². The van der Waals surface area contributed by atoms with E-state index in [0.29, 0.717) is 11.8 Å². The summed E-state index contributed by atoms with van der Waals surface area (Å²) in [7, 11) is 0. The van der Waals surface area contributed by atoms with Gasteiger partial charge in [-0.2, -0.15) is 4.58 Å². The number of rotatable bonds is 3. The first kappa shape index (κ1) is 34.1. The van der Waals surface area contributed by atoms with Gasteiger partial charge in [0.2, 0.25) is 5.69 Å². The quantitative estimate of drug-likeness (QED) is 0.130. The van der Waals surface area contributed by atoms with Gasteiger partial charge in [-0.1, -0.05) is 80.6 Å². The molecule has 2 unspecified atom stereocenters. The fourth-order valence-corrected chi connectivity index (χ4v) is 12.2. The molecule has 0 saturated carbocycles. The van der Waals surface area contributed by atoms with Crippen molar-refractivity contribution < 1.29 is 4.58 Å². The third-order valence-electron chi connectivity index (χ3n) is 14.6. The number of benzene rings is 6. The van der Waals surface area contributed by atoms with Gasteiger partial charge in [0.05, 0.1) is 5.41 Å². The molecule has 6 aromatic carbocycles. The molecule has 11 rings (SSSR count). The zero-order chi connectivity index (χ0) is 38.1. The lowest BCUT2D eigenvalue weighted by molar-refractivity contribution is -0.433. The van der Waals surface area contributed by atoms with Crippen LogP contribution in [0.2, 0.25) is 0 Å². The molecule has 0 aromatic heterocycles. The Balaban J connectivity index is 1.00. The van der Waals surface area contributed by atoms with Crippen LogP contribution in [0.15, 0.2) is 143 Å². The van der Waals surface area contributed by atoms with Crippen LogP contribution in [0.4, 0.5) is 11.4 Å². The number of fused-ring (bicyclic) bond motifs is 10. The first-order chi connectivity index (χ1) is 27.1. The van der Waals surface area contributed by atoms with Crippen molar-refractivity contribution in [2.75, 3.05) is 18.0 Å². The first-order valence-corrected chi connectivity index (χ1v) is 21.4. The molecule has 0 fully saturated rings. The number of likely N-dealkylation sites (N-methyl/N-ethyl adjacent to an activating group) is 1. The minimum absolute atomic E-state index is 0.0887. The summed E-state index contributed by atoms with van der Waals surface area (Å²) in [5.74, 6) is 1.32. The van der Waals surface area contributed by atoms with E-state index < -0.39 is 0 Å². The molecule has 2 aliphatic heterocycles. The van der Waals surface area contributed by atoms with E-state index in [1.165, 1.54) is 96.3 Å². The lowest BCUT2D eigenvalue weighted by atomic mass is 9.67. The highest BCUT2D eigenvalue weighted by Gasteiger charge is 2.49. The summed E-state index contributed by atoms with van der Waals surface area (Å²) in [5.41, 5.74) is 14.8. The lowest BCUT2D eigenvalue weighted by Crippen LogP contribution is -2.33. The molecule has 2 nitrogen and oxygen atoms in total. The second-order valence-electron chi connectivity index (χ2n) is 18.4. The number of anilines is 1. The number of nitrogens with zero attached hydrogens (tertiary/aromatic N) is 2. The van der Waals surface area contributed by atoms with Crippen LogP contribution < -0.4 is 4.90 Å². The fraction of sp³-hybridized carbons (Fsp3) is 0.315. The van der Waals surface area contributed by atoms with Gasteiger partial charge in [0.1, 0.15) is 6.54 Å². The molecule has 5 aliphatic rings. The van der Waals surface area contributed by atoms with Crippen molar-refractivity contribution in [3.63, 3.8) is 0 Å². The number of hydrogen-bond acceptors (Lipinski definition) is 1. The minimum Gasteiger partial charge on any atom is -0.344 e. The summed E-state index contributed by atoms with van der Waals surface area (Å²) < 4.78 is 2.65. The van der Waals surface area contributed by atoms with Gasteiger partial charge in [-0.25, -0.2) is 0 Å². The van der Waals surface area contributed by atoms with Crippen molar-refractivity contribution >= 4 is 60.2 Å². The van der Waals surface area contributed by atoms with Crippen LogP contribution >= 0.6 is 0 Å². The standard InChI is InChI=1S/C54H53N2/c1-7-55-47-23-21-39-26-33-13-9-11-15-35(33)31-45(39)49(47)53(3,4)51(55)41-19-17-37-25-38-18-20-42(29-44(38)30-43(37)28-41)52-54(5,6)50-46-32-36-16-12-10-14-34(36)27-40(46)22-24-48(50)56(52)8-2/h9-16,21-24,26-32,37-38H,7-8,17-20,25H2,1-6H3/q+1. The molecule has 0 spiro atoms. The molecule has 278 valence electrons. The summed E-state index contributed by atoms with van der Waals surface area (Å²) in [6.45, 7) is 16.6. The van der Waals surface area contributed by atoms with Gasteiger partial charge in [0.25, 0.3) is 0 Å². The fourth-order valence-electron chi connectivity index (χ4n) is 12.2. The van der Waals surface area contributed by atoms with Crippen molar-refractivity contribution in [1.82, 2.24) is 0 Å². The maximum Gasteiger partial charge on any atom is 0.210 e. The van der Waals surface area contributed by atoms with Crippen LogP contribution in [0.5, 0.6) is 0 Å². The highest BCUT2D eigenvalue weighted by atomic mass is 15.2. The highest BCUT2D eigenvalue weighted by Crippen LogP contribution is 2.55. The van der Waals surface area contributed by atoms with Crippen LogP contribution in [0.25, 0.3) is 43.1 Å². The lowest BCUT2D eigenvalue weighted by Gasteiger charge is -2.38. The zero-order valence-electron chi connectivity index (χ0n) is 34.0. The summed E-state index contributed by atoms with van der Waals surface area (Å²) in [4.78, 5) is 2.65. The molecule has 56 heavy (non-hydrogen) atoms. The molecule has 0 amide bonds. The monoisotopic (exact) mass is 729 g/mol. The molecule has 6 aromatic rings. The Morgan fingerprint density at radius 1 is 0.607 bits per heavy atom. The van der Waals surface area contributed by atoms with Crippen molar-refractivity contribution in [1.29, 1.82) is 0 Å². The van der Waals surface area contributed by atoms with Crippen LogP contribution in [-0.4, -0.2) is 23.4 Å². The van der Waals surface area contributed by atoms with Crippen LogP contribution in [0, 0.1) is 11.8 Å². The van der Waals surface area contributed by atoms with Crippen molar-refractivity contribution in [2.24, 2.45) is 11.8 Å². The summed E-state index contributed by atoms with van der Waals surface area (Å²) in [5, 5.41) is 10.8. The Labute approximate surface area is 332 Å². The second-order valence-corrected chi connectivity index (χ2v) is 18.4. The largest absolute Gasteiger partial charge is 0.344 e. The normalized spacial score (nSPS) is 23.6. The molecule has 0 N–H and O–H groups in total. The third-order valence-corrected chi connectivity index (χ3v) is 14.6. The zero-order valence-corrected chi connectivity index (χ0v) is 34.0. The molecule has 0 radical (unpaired) electrons. The molecular weight excluding hydrogens is 677 g/mol. The van der Waals surface area contributed by atoms with E-state index in [1.807, 2.05) is 0 Å². The topological polar surface area (TPSA) is 6.25 Å². The number of hydrogen-bond donors (Lipinski definition) is 0. The SMILES string of the molecule is CCN1/C(=C2/C=C3C=C4C=C(C5=[N+](CC)c6ccc7cc8ccccc8cc7c6C5(C)C)CCC4CC3CC2)C(C)(C)c2c1ccc1cc3ccccc3cc21. The second kappa shape index (κ2) is 12.1. The van der Waals surface area contributed by atoms with E-state index >= 15 is 0 Å². The predicted molar refractivity (Wildman–Crippen MR) is 239 cm³/mol. The van der Waals surface area contributed by atoms with Gasteiger partial charge < -0.3 is 4.90 Å². The Morgan fingerprint density at radius 2 is 1.20 bits per heavy atom. The van der Waals surface area contributed by atoms with Gasteiger partial charge in [-0.15, -0.1) is 0 Å². The van der Waals surface area contributed by atoms with E-state index in [9.17, 15) is 0 Å². The van der Waals surface area contributed by atoms with Crippen molar-refractivity contribution in [3.8, 4) is 0 Å². The first-order valence-electron chi connectivity index (χ1n) is 21.4. The van der Waals surface area contributed by atoms with Crippen LogP contribution in [-0.2, 0) is 10.8 Å². The Bertz CT molecular complexity index is 2870. The van der Waals surface area contributed by atoms with Crippen molar-refractivity contribution in [3.05, 3.63) is 154 Å². The van der Waals surface area contributed by atoms with E-state index in [4.69, 9.17) is 0 Å². The molecule has 2 heterocycles. The Morgan fingerprint density at radius 3 is 1.84 bits per heavy atom. The van der Waals surface area contributed by atoms with Gasteiger partial charge in [-0.3, -0.25) is 0 Å².